The lowest BCUT2D eigenvalue weighted by Gasteiger charge is -2.04. The van der Waals surface area contributed by atoms with Crippen LogP contribution in [0.2, 0.25) is 5.02 Å². The highest BCUT2D eigenvalue weighted by Gasteiger charge is 2.23. The number of aromatic nitrogens is 2. The van der Waals surface area contributed by atoms with Crippen LogP contribution >= 0.6 is 11.6 Å². The molecule has 0 unspecified atom stereocenters. The Kier molecular flexibility index (Phi) is 4.30. The molecule has 0 spiro atoms. The fourth-order valence-corrected chi connectivity index (χ4v) is 2.62. The van der Waals surface area contributed by atoms with Crippen molar-refractivity contribution in [3.63, 3.8) is 0 Å². The summed E-state index contributed by atoms with van der Waals surface area (Å²) in [6.07, 6.45) is 0. The monoisotopic (exact) mass is 350 g/mol. The van der Waals surface area contributed by atoms with Crippen molar-refractivity contribution < 1.29 is 4.79 Å². The molecule has 1 aromatic heterocycles. The highest BCUT2D eigenvalue weighted by Crippen LogP contribution is 2.24. The van der Waals surface area contributed by atoms with Crippen LogP contribution in [-0.2, 0) is 0 Å². The second kappa shape index (κ2) is 6.42. The number of carbonyl (C=O) groups excluding carboxylic acids is 1. The second-order valence-corrected chi connectivity index (χ2v) is 6.17. The minimum absolute atomic E-state index is 0.0400. The Morgan fingerprint density at radius 1 is 1.16 bits per heavy atom. The van der Waals surface area contributed by atoms with Crippen molar-refractivity contribution in [2.75, 3.05) is 5.73 Å². The van der Waals surface area contributed by atoms with Crippen LogP contribution in [0, 0.1) is 25.2 Å². The molecule has 6 heteroatoms. The molecule has 0 aliphatic rings. The van der Waals surface area contributed by atoms with Gasteiger partial charge in [-0.25, -0.2) is 4.68 Å². The van der Waals surface area contributed by atoms with E-state index in [0.29, 0.717) is 16.3 Å². The molecular formula is C19H15ClN4O. The van der Waals surface area contributed by atoms with Crippen molar-refractivity contribution in [1.29, 1.82) is 5.26 Å². The molecule has 1 heterocycles. The summed E-state index contributed by atoms with van der Waals surface area (Å²) in [7, 11) is 0. The molecular weight excluding hydrogens is 336 g/mol. The fourth-order valence-electron chi connectivity index (χ4n) is 2.50. The lowest BCUT2D eigenvalue weighted by Crippen LogP contribution is -2.06. The number of rotatable bonds is 3. The van der Waals surface area contributed by atoms with E-state index in [4.69, 9.17) is 17.3 Å². The van der Waals surface area contributed by atoms with Crippen molar-refractivity contribution in [2.45, 2.75) is 13.8 Å². The minimum Gasteiger partial charge on any atom is -0.382 e. The van der Waals surface area contributed by atoms with Gasteiger partial charge in [0.15, 0.2) is 5.69 Å². The third-order valence-corrected chi connectivity index (χ3v) is 4.34. The largest absolute Gasteiger partial charge is 0.382 e. The number of nitrogens with zero attached hydrogens (tertiary/aromatic N) is 3. The average Bonchev–Trinajstić information content (AvgIpc) is 2.94. The van der Waals surface area contributed by atoms with Crippen LogP contribution in [0.15, 0.2) is 42.5 Å². The van der Waals surface area contributed by atoms with E-state index in [0.717, 1.165) is 11.1 Å². The molecule has 0 saturated heterocycles. The van der Waals surface area contributed by atoms with Crippen molar-refractivity contribution >= 4 is 23.2 Å². The van der Waals surface area contributed by atoms with E-state index >= 15 is 0 Å². The normalized spacial score (nSPS) is 10.5. The highest BCUT2D eigenvalue weighted by molar-refractivity contribution is 6.30. The number of ketones is 1. The van der Waals surface area contributed by atoms with E-state index < -0.39 is 0 Å². The van der Waals surface area contributed by atoms with E-state index in [1.807, 2.05) is 26.0 Å². The number of hydrogen-bond acceptors (Lipinski definition) is 4. The van der Waals surface area contributed by atoms with Crippen LogP contribution in [-0.4, -0.2) is 15.6 Å². The number of carbonyl (C=O) groups is 1. The van der Waals surface area contributed by atoms with Gasteiger partial charge in [0.1, 0.15) is 17.5 Å². The van der Waals surface area contributed by atoms with Crippen molar-refractivity contribution in [3.05, 3.63) is 75.4 Å². The zero-order valence-corrected chi connectivity index (χ0v) is 14.5. The number of hydrogen-bond donors (Lipinski definition) is 1. The van der Waals surface area contributed by atoms with Crippen LogP contribution in [0.5, 0.6) is 0 Å². The van der Waals surface area contributed by atoms with E-state index in [-0.39, 0.29) is 22.9 Å². The predicted octanol–water partition coefficient (Wildman–Crippen LogP) is 3.83. The molecule has 2 N–H and O–H groups in total. The molecule has 0 amide bonds. The Hall–Kier alpha value is -3.10. The molecule has 0 bridgehead atoms. The molecule has 25 heavy (non-hydrogen) atoms. The lowest BCUT2D eigenvalue weighted by molar-refractivity contribution is 0.103. The molecule has 0 atom stereocenters. The molecule has 0 fully saturated rings. The maximum Gasteiger partial charge on any atom is 0.214 e. The summed E-state index contributed by atoms with van der Waals surface area (Å²) in [5.74, 6) is -0.212. The van der Waals surface area contributed by atoms with Crippen LogP contribution in [0.3, 0.4) is 0 Å². The number of aryl methyl sites for hydroxylation is 2. The lowest BCUT2D eigenvalue weighted by atomic mass is 10.0. The van der Waals surface area contributed by atoms with Crippen LogP contribution < -0.4 is 5.73 Å². The third-order valence-electron chi connectivity index (χ3n) is 4.09. The van der Waals surface area contributed by atoms with Gasteiger partial charge >= 0.3 is 0 Å². The standard InChI is InChI=1S/C19H15ClN4O/c1-11-3-4-13(9-12(11)2)18(25)17-16(10-21)19(22)24(23-17)15-7-5-14(20)6-8-15/h3-9H,22H2,1-2H3. The summed E-state index contributed by atoms with van der Waals surface area (Å²) < 4.78 is 1.38. The van der Waals surface area contributed by atoms with Gasteiger partial charge in [0.25, 0.3) is 0 Å². The molecule has 0 radical (unpaired) electrons. The van der Waals surface area contributed by atoms with Gasteiger partial charge in [-0.05, 0) is 55.3 Å². The van der Waals surface area contributed by atoms with Crippen LogP contribution in [0.25, 0.3) is 5.69 Å². The van der Waals surface area contributed by atoms with Crippen molar-refractivity contribution in [2.24, 2.45) is 0 Å². The van der Waals surface area contributed by atoms with Gasteiger partial charge in [-0.1, -0.05) is 23.7 Å². The van der Waals surface area contributed by atoms with E-state index in [1.165, 1.54) is 4.68 Å². The molecule has 0 aliphatic heterocycles. The van der Waals surface area contributed by atoms with Gasteiger partial charge in [-0.15, -0.1) is 0 Å². The van der Waals surface area contributed by atoms with E-state index in [2.05, 4.69) is 5.10 Å². The van der Waals surface area contributed by atoms with Gasteiger partial charge < -0.3 is 5.73 Å². The Bertz CT molecular complexity index is 1010. The average molecular weight is 351 g/mol. The van der Waals surface area contributed by atoms with Crippen molar-refractivity contribution in [1.82, 2.24) is 9.78 Å². The van der Waals surface area contributed by atoms with Gasteiger partial charge in [-0.3, -0.25) is 4.79 Å². The van der Waals surface area contributed by atoms with Gasteiger partial charge in [0.2, 0.25) is 5.78 Å². The highest BCUT2D eigenvalue weighted by atomic mass is 35.5. The number of nitrogen functional groups attached to an aromatic ring is 1. The summed E-state index contributed by atoms with van der Waals surface area (Å²) in [6, 6.07) is 14.2. The number of anilines is 1. The summed E-state index contributed by atoms with van der Waals surface area (Å²) in [5.41, 5.74) is 9.33. The molecule has 5 nitrogen and oxygen atoms in total. The predicted molar refractivity (Wildman–Crippen MR) is 97.0 cm³/mol. The Morgan fingerprint density at radius 2 is 1.84 bits per heavy atom. The van der Waals surface area contributed by atoms with Gasteiger partial charge in [-0.2, -0.15) is 10.4 Å². The molecule has 3 aromatic rings. The minimum atomic E-state index is -0.334. The maximum absolute atomic E-state index is 12.8. The smallest absolute Gasteiger partial charge is 0.214 e. The van der Waals surface area contributed by atoms with Gasteiger partial charge in [0.05, 0.1) is 5.69 Å². The quantitative estimate of drug-likeness (QED) is 0.727. The Balaban J connectivity index is 2.12. The molecule has 0 aliphatic carbocycles. The van der Waals surface area contributed by atoms with Crippen LogP contribution in [0.4, 0.5) is 5.82 Å². The summed E-state index contributed by atoms with van der Waals surface area (Å²) >= 11 is 5.89. The van der Waals surface area contributed by atoms with E-state index in [1.54, 1.807) is 36.4 Å². The summed E-state index contributed by atoms with van der Waals surface area (Å²) in [5, 5.41) is 14.3. The molecule has 124 valence electrons. The van der Waals surface area contributed by atoms with E-state index in [9.17, 15) is 10.1 Å². The molecule has 2 aromatic carbocycles. The maximum atomic E-state index is 12.8. The SMILES string of the molecule is Cc1ccc(C(=O)c2nn(-c3ccc(Cl)cc3)c(N)c2C#N)cc1C. The number of benzene rings is 2. The number of halogens is 1. The second-order valence-electron chi connectivity index (χ2n) is 5.74. The fraction of sp³-hybridized carbons (Fsp3) is 0.105. The number of nitriles is 1. The Labute approximate surface area is 150 Å². The topological polar surface area (TPSA) is 84.7 Å². The van der Waals surface area contributed by atoms with Gasteiger partial charge in [0, 0.05) is 10.6 Å². The first-order valence-electron chi connectivity index (χ1n) is 7.59. The first-order valence-corrected chi connectivity index (χ1v) is 7.96. The van der Waals surface area contributed by atoms with Crippen LogP contribution in [0.1, 0.15) is 32.7 Å². The zero-order chi connectivity index (χ0) is 18.1. The molecule has 0 saturated carbocycles. The Morgan fingerprint density at radius 3 is 2.44 bits per heavy atom. The summed E-state index contributed by atoms with van der Waals surface area (Å²) in [4.78, 5) is 12.8. The molecule has 3 rings (SSSR count). The first kappa shape index (κ1) is 16.7. The first-order chi connectivity index (χ1) is 11.9. The van der Waals surface area contributed by atoms with Crippen molar-refractivity contribution in [3.8, 4) is 11.8 Å². The zero-order valence-electron chi connectivity index (χ0n) is 13.7. The third kappa shape index (κ3) is 3.00. The number of nitrogens with two attached hydrogens (primary N) is 1. The summed E-state index contributed by atoms with van der Waals surface area (Å²) in [6.45, 7) is 3.90.